The Morgan fingerprint density at radius 2 is 2.20 bits per heavy atom. The number of nitriles is 1. The van der Waals surface area contributed by atoms with Crippen LogP contribution in [0.2, 0.25) is 0 Å². The molecule has 0 atom stereocenters. The summed E-state index contributed by atoms with van der Waals surface area (Å²) in [5.41, 5.74) is 3.60. The van der Waals surface area contributed by atoms with Gasteiger partial charge in [-0.2, -0.15) is 5.26 Å². The zero-order chi connectivity index (χ0) is 17.8. The predicted molar refractivity (Wildman–Crippen MR) is 97.2 cm³/mol. The Bertz CT molecular complexity index is 959. The monoisotopic (exact) mass is 351 g/mol. The molecule has 2 aromatic heterocycles. The lowest BCUT2D eigenvalue weighted by Crippen LogP contribution is -2.24. The number of nitrogens with zero attached hydrogens (tertiary/aromatic N) is 2. The van der Waals surface area contributed by atoms with Crippen molar-refractivity contribution in [3.63, 3.8) is 0 Å². The van der Waals surface area contributed by atoms with Crippen LogP contribution in [0.5, 0.6) is 0 Å². The first-order valence-corrected chi connectivity index (χ1v) is 8.80. The highest BCUT2D eigenvalue weighted by Gasteiger charge is 2.12. The fourth-order valence-electron chi connectivity index (χ4n) is 2.44. The fraction of sp³-hybridized carbons (Fsp3) is 0.211. The van der Waals surface area contributed by atoms with Gasteiger partial charge in [0.25, 0.3) is 0 Å². The summed E-state index contributed by atoms with van der Waals surface area (Å²) in [6, 6.07) is 11.6. The first-order valence-electron chi connectivity index (χ1n) is 7.81. The largest absolute Gasteiger partial charge is 0.467 e. The van der Waals surface area contributed by atoms with E-state index in [-0.39, 0.29) is 11.7 Å². The van der Waals surface area contributed by atoms with Crippen molar-refractivity contribution >= 4 is 28.6 Å². The molecule has 1 aromatic carbocycles. The van der Waals surface area contributed by atoms with Gasteiger partial charge in [0.05, 0.1) is 29.6 Å². The number of nitrogens with one attached hydrogen (secondary N) is 1. The van der Waals surface area contributed by atoms with Gasteiger partial charge in [-0.3, -0.25) is 4.79 Å². The van der Waals surface area contributed by atoms with Crippen LogP contribution in [0.3, 0.4) is 0 Å². The molecule has 0 aliphatic rings. The Morgan fingerprint density at radius 1 is 1.36 bits per heavy atom. The highest BCUT2D eigenvalue weighted by Crippen LogP contribution is 2.27. The molecule has 0 saturated heterocycles. The Morgan fingerprint density at radius 3 is 2.92 bits per heavy atom. The van der Waals surface area contributed by atoms with Crippen molar-refractivity contribution in [2.75, 3.05) is 5.75 Å². The van der Waals surface area contributed by atoms with E-state index in [1.54, 1.807) is 18.4 Å². The highest BCUT2D eigenvalue weighted by atomic mass is 32.2. The average Bonchev–Trinajstić information content (AvgIpc) is 3.14. The van der Waals surface area contributed by atoms with Crippen LogP contribution >= 0.6 is 11.8 Å². The molecular formula is C19H17N3O2S. The molecule has 0 aliphatic carbocycles. The fourth-order valence-corrected chi connectivity index (χ4v) is 3.23. The zero-order valence-electron chi connectivity index (χ0n) is 14.0. The molecule has 1 N–H and O–H groups in total. The maximum atomic E-state index is 12.0. The average molecular weight is 351 g/mol. The molecule has 0 bridgehead atoms. The minimum atomic E-state index is -0.131. The summed E-state index contributed by atoms with van der Waals surface area (Å²) >= 11 is 1.27. The number of rotatable bonds is 5. The molecule has 0 aliphatic heterocycles. The van der Waals surface area contributed by atoms with E-state index < -0.39 is 0 Å². The Kier molecular flexibility index (Phi) is 5.05. The number of thioether (sulfide) groups is 1. The quantitative estimate of drug-likeness (QED) is 0.709. The number of benzene rings is 1. The Balaban J connectivity index is 1.75. The van der Waals surface area contributed by atoms with Crippen molar-refractivity contribution in [1.29, 1.82) is 5.26 Å². The van der Waals surface area contributed by atoms with Crippen LogP contribution in [0.4, 0.5) is 0 Å². The zero-order valence-corrected chi connectivity index (χ0v) is 14.8. The van der Waals surface area contributed by atoms with E-state index in [9.17, 15) is 10.1 Å². The van der Waals surface area contributed by atoms with Gasteiger partial charge in [0.15, 0.2) is 0 Å². The van der Waals surface area contributed by atoms with E-state index in [1.165, 1.54) is 11.8 Å². The van der Waals surface area contributed by atoms with Crippen LogP contribution < -0.4 is 5.32 Å². The van der Waals surface area contributed by atoms with Crippen LogP contribution in [-0.4, -0.2) is 16.6 Å². The lowest BCUT2D eigenvalue weighted by molar-refractivity contribution is -0.118. The second-order valence-corrected chi connectivity index (χ2v) is 6.64. The molecule has 25 heavy (non-hydrogen) atoms. The van der Waals surface area contributed by atoms with E-state index in [0.717, 1.165) is 22.0 Å². The third kappa shape index (κ3) is 3.83. The van der Waals surface area contributed by atoms with Gasteiger partial charge in [0.2, 0.25) is 5.91 Å². The second kappa shape index (κ2) is 7.41. The first kappa shape index (κ1) is 17.1. The summed E-state index contributed by atoms with van der Waals surface area (Å²) in [6.45, 7) is 4.39. The SMILES string of the molecule is Cc1ccc2cc(C#N)c(SCC(=O)NCc3ccco3)nc2c1C. The second-order valence-electron chi connectivity index (χ2n) is 5.68. The molecular weight excluding hydrogens is 334 g/mol. The van der Waals surface area contributed by atoms with Crippen LogP contribution in [0.1, 0.15) is 22.5 Å². The number of hydrogen-bond acceptors (Lipinski definition) is 5. The van der Waals surface area contributed by atoms with Crippen molar-refractivity contribution in [1.82, 2.24) is 10.3 Å². The van der Waals surface area contributed by atoms with Gasteiger partial charge in [-0.05, 0) is 43.2 Å². The minimum absolute atomic E-state index is 0.131. The molecule has 1 amide bonds. The van der Waals surface area contributed by atoms with E-state index >= 15 is 0 Å². The third-order valence-corrected chi connectivity index (χ3v) is 4.97. The summed E-state index contributed by atoms with van der Waals surface area (Å²) in [7, 11) is 0. The summed E-state index contributed by atoms with van der Waals surface area (Å²) in [4.78, 5) is 16.6. The maximum Gasteiger partial charge on any atom is 0.230 e. The smallest absolute Gasteiger partial charge is 0.230 e. The number of fused-ring (bicyclic) bond motifs is 1. The Labute approximate surface area is 150 Å². The van der Waals surface area contributed by atoms with E-state index in [1.807, 2.05) is 32.0 Å². The molecule has 2 heterocycles. The molecule has 3 aromatic rings. The van der Waals surface area contributed by atoms with Crippen molar-refractivity contribution in [3.05, 3.63) is 59.0 Å². The molecule has 0 unspecified atom stereocenters. The van der Waals surface area contributed by atoms with Gasteiger partial charge in [-0.25, -0.2) is 4.98 Å². The van der Waals surface area contributed by atoms with Crippen molar-refractivity contribution in [2.24, 2.45) is 0 Å². The molecule has 0 spiro atoms. The molecule has 3 rings (SSSR count). The van der Waals surface area contributed by atoms with Crippen LogP contribution in [0.15, 0.2) is 46.0 Å². The van der Waals surface area contributed by atoms with Gasteiger partial charge < -0.3 is 9.73 Å². The van der Waals surface area contributed by atoms with Gasteiger partial charge in [-0.15, -0.1) is 0 Å². The third-order valence-electron chi connectivity index (χ3n) is 3.98. The summed E-state index contributed by atoms with van der Waals surface area (Å²) in [5, 5.41) is 13.7. The van der Waals surface area contributed by atoms with Crippen LogP contribution in [0, 0.1) is 25.2 Å². The molecule has 0 saturated carbocycles. The van der Waals surface area contributed by atoms with Crippen molar-refractivity contribution in [2.45, 2.75) is 25.4 Å². The number of amides is 1. The van der Waals surface area contributed by atoms with E-state index in [0.29, 0.717) is 22.9 Å². The van der Waals surface area contributed by atoms with Gasteiger partial charge in [0.1, 0.15) is 16.9 Å². The van der Waals surface area contributed by atoms with Crippen molar-refractivity contribution in [3.8, 4) is 6.07 Å². The van der Waals surface area contributed by atoms with Gasteiger partial charge in [0, 0.05) is 5.39 Å². The van der Waals surface area contributed by atoms with E-state index in [4.69, 9.17) is 4.42 Å². The maximum absolute atomic E-state index is 12.0. The number of pyridine rings is 1. The number of carbonyl (C=O) groups is 1. The molecule has 0 radical (unpaired) electrons. The summed E-state index contributed by atoms with van der Waals surface area (Å²) in [6.07, 6.45) is 1.57. The van der Waals surface area contributed by atoms with Crippen LogP contribution in [0.25, 0.3) is 10.9 Å². The predicted octanol–water partition coefficient (Wildman–Crippen LogP) is 3.72. The van der Waals surface area contributed by atoms with Gasteiger partial charge >= 0.3 is 0 Å². The normalized spacial score (nSPS) is 10.6. The lowest BCUT2D eigenvalue weighted by Gasteiger charge is -2.09. The minimum Gasteiger partial charge on any atom is -0.467 e. The molecule has 0 fully saturated rings. The number of furan rings is 1. The number of carbonyl (C=O) groups excluding carboxylic acids is 1. The standard InChI is InChI=1S/C19H17N3O2S/c1-12-5-6-14-8-15(9-20)19(22-18(14)13(12)2)25-11-17(23)21-10-16-4-3-7-24-16/h3-8H,10-11H2,1-2H3,(H,21,23). The molecule has 6 heteroatoms. The molecule has 126 valence electrons. The van der Waals surface area contributed by atoms with Gasteiger partial charge in [-0.1, -0.05) is 23.9 Å². The van der Waals surface area contributed by atoms with Crippen LogP contribution in [-0.2, 0) is 11.3 Å². The number of aromatic nitrogens is 1. The van der Waals surface area contributed by atoms with E-state index in [2.05, 4.69) is 16.4 Å². The molecule has 5 nitrogen and oxygen atoms in total. The topological polar surface area (TPSA) is 78.9 Å². The lowest BCUT2D eigenvalue weighted by atomic mass is 10.0. The highest BCUT2D eigenvalue weighted by molar-refractivity contribution is 8.00. The van der Waals surface area contributed by atoms with Crippen molar-refractivity contribution < 1.29 is 9.21 Å². The Hall–Kier alpha value is -2.78. The number of hydrogen-bond donors (Lipinski definition) is 1. The summed E-state index contributed by atoms with van der Waals surface area (Å²) < 4.78 is 5.18. The number of aryl methyl sites for hydroxylation is 2. The summed E-state index contributed by atoms with van der Waals surface area (Å²) in [5.74, 6) is 0.762. The first-order chi connectivity index (χ1) is 12.1.